The zero-order valence-corrected chi connectivity index (χ0v) is 13.1. The first-order chi connectivity index (χ1) is 10.8. The van der Waals surface area contributed by atoms with Gasteiger partial charge in [0.1, 0.15) is 0 Å². The molecule has 2 aliphatic heterocycles. The Balaban J connectivity index is 1.79. The normalized spacial score (nSPS) is 28.0. The highest BCUT2D eigenvalue weighted by molar-refractivity contribution is 6.00. The molecule has 0 aromatic heterocycles. The molecule has 3 N–H and O–H groups in total. The molecule has 8 heteroatoms. The van der Waals surface area contributed by atoms with Gasteiger partial charge in [-0.15, -0.1) is 0 Å². The summed E-state index contributed by atoms with van der Waals surface area (Å²) in [5.74, 6) is -3.26. The Morgan fingerprint density at radius 2 is 2.17 bits per heavy atom. The second-order valence-electron chi connectivity index (χ2n) is 6.69. The number of nitrogens with zero attached hydrogens (tertiary/aromatic N) is 3. The summed E-state index contributed by atoms with van der Waals surface area (Å²) < 4.78 is 27.5. The predicted molar refractivity (Wildman–Crippen MR) is 80.9 cm³/mol. The first-order valence-corrected chi connectivity index (χ1v) is 7.97. The Bertz CT molecular complexity index is 570. The number of nitrogens with two attached hydrogens (primary N) is 1. The molecule has 0 aromatic carbocycles. The highest BCUT2D eigenvalue weighted by Gasteiger charge is 2.44. The minimum absolute atomic E-state index is 0.0373. The predicted octanol–water partition coefficient (Wildman–Crippen LogP) is 1.44. The van der Waals surface area contributed by atoms with Crippen LogP contribution in [0.15, 0.2) is 16.4 Å². The number of hydrogen-bond acceptors (Lipinski definition) is 4. The van der Waals surface area contributed by atoms with E-state index in [0.717, 1.165) is 13.0 Å². The molecule has 0 spiro atoms. The van der Waals surface area contributed by atoms with E-state index in [4.69, 9.17) is 10.8 Å². The molecular formula is C15H22F2N4O2. The Morgan fingerprint density at radius 3 is 2.61 bits per heavy atom. The third-order valence-electron chi connectivity index (χ3n) is 4.91. The minimum Gasteiger partial charge on any atom is -0.481 e. The van der Waals surface area contributed by atoms with E-state index in [-0.39, 0.29) is 30.9 Å². The Kier molecular flexibility index (Phi) is 3.93. The quantitative estimate of drug-likeness (QED) is 0.603. The van der Waals surface area contributed by atoms with E-state index < -0.39 is 11.9 Å². The maximum absolute atomic E-state index is 13.7. The molecule has 23 heavy (non-hydrogen) atoms. The van der Waals surface area contributed by atoms with Gasteiger partial charge < -0.3 is 15.7 Å². The van der Waals surface area contributed by atoms with Gasteiger partial charge in [-0.1, -0.05) is 0 Å². The Morgan fingerprint density at radius 1 is 1.48 bits per heavy atom. The maximum Gasteiger partial charge on any atom is 0.303 e. The molecule has 6 nitrogen and oxygen atoms in total. The van der Waals surface area contributed by atoms with Gasteiger partial charge in [0, 0.05) is 43.6 Å². The van der Waals surface area contributed by atoms with Gasteiger partial charge in [-0.25, -0.2) is 0 Å². The number of rotatable bonds is 4. The van der Waals surface area contributed by atoms with Gasteiger partial charge in [-0.05, 0) is 19.8 Å². The first-order valence-electron chi connectivity index (χ1n) is 7.97. The molecule has 2 heterocycles. The number of hydrogen-bond donors (Lipinski definition) is 2. The summed E-state index contributed by atoms with van der Waals surface area (Å²) in [4.78, 5) is 12.6. The van der Waals surface area contributed by atoms with Crippen LogP contribution in [-0.4, -0.2) is 58.4 Å². The van der Waals surface area contributed by atoms with Gasteiger partial charge in [-0.2, -0.15) is 13.9 Å². The number of likely N-dealkylation sites (tertiary alicyclic amines) is 1. The van der Waals surface area contributed by atoms with E-state index in [1.165, 1.54) is 0 Å². The van der Waals surface area contributed by atoms with Gasteiger partial charge >= 0.3 is 5.97 Å². The number of amidine groups is 1. The van der Waals surface area contributed by atoms with Crippen molar-refractivity contribution in [1.82, 2.24) is 9.91 Å². The number of alkyl halides is 2. The number of carboxylic acid groups (broad SMARTS) is 1. The van der Waals surface area contributed by atoms with Crippen LogP contribution in [0.3, 0.4) is 0 Å². The molecule has 0 radical (unpaired) electrons. The maximum atomic E-state index is 13.7. The number of carboxylic acids is 1. The van der Waals surface area contributed by atoms with E-state index in [0.29, 0.717) is 30.5 Å². The first kappa shape index (κ1) is 16.0. The standard InChI is InChI=1S/C15H22F2N4O2/c1-9-3-5-21(9)19-14(11-2-4-15(16,17)13(11)18)20-7-10(8-20)6-12(22)23/h9-10H,2-8,18H2,1H3,(H,22,23)/t9-/m0/s1. The monoisotopic (exact) mass is 328 g/mol. The zero-order chi connectivity index (χ0) is 16.8. The van der Waals surface area contributed by atoms with Crippen LogP contribution in [0.25, 0.3) is 0 Å². The lowest BCUT2D eigenvalue weighted by atomic mass is 9.95. The van der Waals surface area contributed by atoms with Crippen LogP contribution in [-0.2, 0) is 4.79 Å². The average Bonchev–Trinajstić information content (AvgIpc) is 2.69. The van der Waals surface area contributed by atoms with E-state index in [9.17, 15) is 13.6 Å². The van der Waals surface area contributed by atoms with Crippen molar-refractivity contribution >= 4 is 11.8 Å². The highest BCUT2D eigenvalue weighted by atomic mass is 19.3. The van der Waals surface area contributed by atoms with Gasteiger partial charge in [0.25, 0.3) is 5.92 Å². The van der Waals surface area contributed by atoms with Gasteiger partial charge in [-0.3, -0.25) is 9.80 Å². The minimum atomic E-state index is -2.97. The molecule has 3 rings (SSSR count). The molecule has 0 aromatic rings. The molecule has 0 amide bonds. The molecule has 0 unspecified atom stereocenters. The van der Waals surface area contributed by atoms with Crippen LogP contribution in [0, 0.1) is 5.92 Å². The second kappa shape index (κ2) is 5.65. The summed E-state index contributed by atoms with van der Waals surface area (Å²) in [7, 11) is 0. The largest absolute Gasteiger partial charge is 0.481 e. The van der Waals surface area contributed by atoms with Crippen molar-refractivity contribution in [1.29, 1.82) is 0 Å². The SMILES string of the molecule is C[C@H]1CCN1N=C(C1=C(N)C(F)(F)CC1)N1CC(CC(=O)O)C1. The zero-order valence-electron chi connectivity index (χ0n) is 13.1. The number of hydrazone groups is 1. The van der Waals surface area contributed by atoms with E-state index in [1.807, 2.05) is 16.8 Å². The fourth-order valence-corrected chi connectivity index (χ4v) is 3.21. The van der Waals surface area contributed by atoms with Crippen molar-refractivity contribution in [2.24, 2.45) is 16.8 Å². The summed E-state index contributed by atoms with van der Waals surface area (Å²) in [6.07, 6.45) is 1.05. The van der Waals surface area contributed by atoms with Crippen LogP contribution in [0.2, 0.25) is 0 Å². The Labute approximate surface area is 133 Å². The van der Waals surface area contributed by atoms with Crippen molar-refractivity contribution in [3.05, 3.63) is 11.3 Å². The van der Waals surface area contributed by atoms with Crippen LogP contribution in [0.1, 0.15) is 32.6 Å². The average molecular weight is 328 g/mol. The fourth-order valence-electron chi connectivity index (χ4n) is 3.21. The van der Waals surface area contributed by atoms with Crippen LogP contribution in [0.5, 0.6) is 0 Å². The summed E-state index contributed by atoms with van der Waals surface area (Å²) in [6.45, 7) is 3.89. The van der Waals surface area contributed by atoms with Crippen LogP contribution < -0.4 is 5.73 Å². The molecule has 0 bridgehead atoms. The van der Waals surface area contributed by atoms with Crippen molar-refractivity contribution in [2.75, 3.05) is 19.6 Å². The molecule has 0 saturated carbocycles. The summed E-state index contributed by atoms with van der Waals surface area (Å²) >= 11 is 0. The van der Waals surface area contributed by atoms with Crippen molar-refractivity contribution in [2.45, 2.75) is 44.6 Å². The molecule has 2 saturated heterocycles. The van der Waals surface area contributed by atoms with Crippen molar-refractivity contribution in [3.8, 4) is 0 Å². The molecule has 1 atom stereocenters. The van der Waals surface area contributed by atoms with Crippen molar-refractivity contribution in [3.63, 3.8) is 0 Å². The fraction of sp³-hybridized carbons (Fsp3) is 0.733. The smallest absolute Gasteiger partial charge is 0.303 e. The highest BCUT2D eigenvalue weighted by Crippen LogP contribution is 2.39. The lowest BCUT2D eigenvalue weighted by Crippen LogP contribution is -2.53. The van der Waals surface area contributed by atoms with Gasteiger partial charge in [0.15, 0.2) is 5.84 Å². The number of allylic oxidation sites excluding steroid dienone is 1. The number of halogens is 2. The number of aliphatic carboxylic acids is 1. The van der Waals surface area contributed by atoms with Crippen LogP contribution in [0.4, 0.5) is 8.78 Å². The Hall–Kier alpha value is -1.86. The molecule has 2 fully saturated rings. The van der Waals surface area contributed by atoms with Crippen LogP contribution >= 0.6 is 0 Å². The van der Waals surface area contributed by atoms with Gasteiger partial charge in [0.2, 0.25) is 0 Å². The third-order valence-corrected chi connectivity index (χ3v) is 4.91. The summed E-state index contributed by atoms with van der Waals surface area (Å²) in [6, 6.07) is 0.296. The second-order valence-corrected chi connectivity index (χ2v) is 6.69. The lowest BCUT2D eigenvalue weighted by molar-refractivity contribution is -0.139. The lowest BCUT2D eigenvalue weighted by Gasteiger charge is -2.44. The number of carbonyl (C=O) groups is 1. The molecule has 1 aliphatic carbocycles. The van der Waals surface area contributed by atoms with E-state index in [1.54, 1.807) is 0 Å². The van der Waals surface area contributed by atoms with Crippen molar-refractivity contribution < 1.29 is 18.7 Å². The summed E-state index contributed by atoms with van der Waals surface area (Å²) in [5.41, 5.74) is 5.71. The van der Waals surface area contributed by atoms with Gasteiger partial charge in [0.05, 0.1) is 12.1 Å². The van der Waals surface area contributed by atoms with E-state index in [2.05, 4.69) is 5.10 Å². The topological polar surface area (TPSA) is 82.2 Å². The molecular weight excluding hydrogens is 306 g/mol. The summed E-state index contributed by atoms with van der Waals surface area (Å²) in [5, 5.41) is 15.3. The molecule has 3 aliphatic rings. The third kappa shape index (κ3) is 2.98. The van der Waals surface area contributed by atoms with E-state index >= 15 is 0 Å². The molecule has 128 valence electrons.